The van der Waals surface area contributed by atoms with Gasteiger partial charge in [0.1, 0.15) is 0 Å². The van der Waals surface area contributed by atoms with Crippen LogP contribution in [0.1, 0.15) is 45.9 Å². The highest BCUT2D eigenvalue weighted by atomic mass is 16.4. The van der Waals surface area contributed by atoms with Gasteiger partial charge in [-0.25, -0.2) is 0 Å². The Morgan fingerprint density at radius 2 is 2.11 bits per heavy atom. The lowest BCUT2D eigenvalue weighted by molar-refractivity contribution is 0.0224. The summed E-state index contributed by atoms with van der Waals surface area (Å²) in [5.74, 6) is 1.69. The fourth-order valence-electron chi connectivity index (χ4n) is 2.07. The van der Waals surface area contributed by atoms with Gasteiger partial charge in [-0.2, -0.15) is 0 Å². The van der Waals surface area contributed by atoms with E-state index in [1.807, 2.05) is 0 Å². The first-order chi connectivity index (χ1) is 8.36. The molecule has 0 amide bonds. The fraction of sp³-hybridized carbons (Fsp3) is 0.846. The van der Waals surface area contributed by atoms with Gasteiger partial charge < -0.3 is 9.52 Å². The maximum Gasteiger partial charge on any atom is 0.230 e. The third kappa shape index (κ3) is 3.09. The highest BCUT2D eigenvalue weighted by Crippen LogP contribution is 2.22. The molecule has 2 rings (SSSR count). The Kier molecular flexibility index (Phi) is 3.73. The summed E-state index contributed by atoms with van der Waals surface area (Å²) in [5.41, 5.74) is -0.110. The van der Waals surface area contributed by atoms with Crippen LogP contribution in [0.2, 0.25) is 0 Å². The SMILES string of the molecule is CC1CCN(Cc2nnc(C(C)(C)C)o2)CC1O. The molecule has 2 atom stereocenters. The molecule has 5 nitrogen and oxygen atoms in total. The topological polar surface area (TPSA) is 62.4 Å². The Balaban J connectivity index is 1.96. The fourth-order valence-corrected chi connectivity index (χ4v) is 2.07. The Hall–Kier alpha value is -0.940. The van der Waals surface area contributed by atoms with Gasteiger partial charge in [-0.15, -0.1) is 10.2 Å². The second kappa shape index (κ2) is 4.97. The minimum atomic E-state index is -0.247. The molecule has 1 aliphatic rings. The summed E-state index contributed by atoms with van der Waals surface area (Å²) in [6.45, 7) is 10.5. The van der Waals surface area contributed by atoms with Gasteiger partial charge in [0.25, 0.3) is 0 Å². The maximum absolute atomic E-state index is 9.85. The average molecular weight is 253 g/mol. The van der Waals surface area contributed by atoms with Gasteiger partial charge in [0.2, 0.25) is 11.8 Å². The highest BCUT2D eigenvalue weighted by Gasteiger charge is 2.26. The van der Waals surface area contributed by atoms with E-state index in [1.54, 1.807) is 0 Å². The van der Waals surface area contributed by atoms with Gasteiger partial charge in [-0.05, 0) is 18.9 Å². The van der Waals surface area contributed by atoms with Gasteiger partial charge in [0.15, 0.2) is 0 Å². The van der Waals surface area contributed by atoms with Crippen LogP contribution in [0.25, 0.3) is 0 Å². The molecule has 1 N–H and O–H groups in total. The van der Waals surface area contributed by atoms with Crippen molar-refractivity contribution in [1.82, 2.24) is 15.1 Å². The summed E-state index contributed by atoms with van der Waals surface area (Å²) < 4.78 is 5.67. The van der Waals surface area contributed by atoms with Crippen molar-refractivity contribution in [3.05, 3.63) is 11.8 Å². The lowest BCUT2D eigenvalue weighted by Crippen LogP contribution is -2.42. The molecule has 1 fully saturated rings. The molecule has 0 bridgehead atoms. The predicted molar refractivity (Wildman–Crippen MR) is 68.1 cm³/mol. The first-order valence-electron chi connectivity index (χ1n) is 6.59. The normalized spacial score (nSPS) is 26.5. The lowest BCUT2D eigenvalue weighted by atomic mass is 9.96. The van der Waals surface area contributed by atoms with Crippen molar-refractivity contribution in [2.75, 3.05) is 13.1 Å². The van der Waals surface area contributed by atoms with Gasteiger partial charge >= 0.3 is 0 Å². The largest absolute Gasteiger partial charge is 0.423 e. The molecule has 1 aliphatic heterocycles. The molecule has 0 radical (unpaired) electrons. The number of aliphatic hydroxyl groups is 1. The van der Waals surface area contributed by atoms with E-state index in [-0.39, 0.29) is 11.5 Å². The Morgan fingerprint density at radius 3 is 2.67 bits per heavy atom. The molecule has 1 aromatic heterocycles. The minimum Gasteiger partial charge on any atom is -0.423 e. The number of rotatable bonds is 2. The van der Waals surface area contributed by atoms with Gasteiger partial charge in [0, 0.05) is 12.0 Å². The summed E-state index contributed by atoms with van der Waals surface area (Å²) in [4.78, 5) is 2.17. The van der Waals surface area contributed by atoms with E-state index < -0.39 is 0 Å². The molecule has 0 saturated carbocycles. The van der Waals surface area contributed by atoms with Crippen LogP contribution < -0.4 is 0 Å². The van der Waals surface area contributed by atoms with E-state index >= 15 is 0 Å². The van der Waals surface area contributed by atoms with Crippen LogP contribution in [-0.2, 0) is 12.0 Å². The first-order valence-corrected chi connectivity index (χ1v) is 6.59. The van der Waals surface area contributed by atoms with E-state index in [1.165, 1.54) is 0 Å². The molecule has 102 valence electrons. The van der Waals surface area contributed by atoms with Crippen molar-refractivity contribution < 1.29 is 9.52 Å². The van der Waals surface area contributed by atoms with Gasteiger partial charge in [0.05, 0.1) is 12.6 Å². The molecule has 5 heteroatoms. The van der Waals surface area contributed by atoms with Crippen molar-refractivity contribution in [2.24, 2.45) is 5.92 Å². The third-order valence-electron chi connectivity index (χ3n) is 3.47. The zero-order chi connectivity index (χ0) is 13.3. The molecule has 1 aromatic rings. The van der Waals surface area contributed by atoms with Crippen molar-refractivity contribution in [1.29, 1.82) is 0 Å². The van der Waals surface area contributed by atoms with Gasteiger partial charge in [-0.1, -0.05) is 27.7 Å². The van der Waals surface area contributed by atoms with Crippen LogP contribution in [0.4, 0.5) is 0 Å². The zero-order valence-corrected chi connectivity index (χ0v) is 11.7. The molecular weight excluding hydrogens is 230 g/mol. The minimum absolute atomic E-state index is 0.110. The predicted octanol–water partition coefficient (Wildman–Crippen LogP) is 1.57. The van der Waals surface area contributed by atoms with E-state index in [9.17, 15) is 5.11 Å². The van der Waals surface area contributed by atoms with Crippen molar-refractivity contribution in [3.8, 4) is 0 Å². The number of nitrogens with zero attached hydrogens (tertiary/aromatic N) is 3. The van der Waals surface area contributed by atoms with Crippen molar-refractivity contribution in [2.45, 2.75) is 52.2 Å². The Labute approximate surface area is 108 Å². The van der Waals surface area contributed by atoms with E-state index in [0.29, 0.717) is 30.8 Å². The summed E-state index contributed by atoms with van der Waals surface area (Å²) in [5, 5.41) is 18.0. The average Bonchev–Trinajstić information content (AvgIpc) is 2.72. The van der Waals surface area contributed by atoms with Crippen LogP contribution in [0.5, 0.6) is 0 Å². The molecule has 0 aromatic carbocycles. The zero-order valence-electron chi connectivity index (χ0n) is 11.7. The van der Waals surface area contributed by atoms with Crippen molar-refractivity contribution in [3.63, 3.8) is 0 Å². The molecule has 1 saturated heterocycles. The number of hydrogen-bond acceptors (Lipinski definition) is 5. The lowest BCUT2D eigenvalue weighted by Gasteiger charge is -2.33. The third-order valence-corrected chi connectivity index (χ3v) is 3.47. The van der Waals surface area contributed by atoms with Crippen molar-refractivity contribution >= 4 is 0 Å². The number of β-amino-alcohol motifs (C(OH)–C–C–N with tert-alkyl or cyclic N) is 1. The van der Waals surface area contributed by atoms with Crippen LogP contribution in [0, 0.1) is 5.92 Å². The molecule has 0 spiro atoms. The van der Waals surface area contributed by atoms with Crippen LogP contribution in [0.15, 0.2) is 4.42 Å². The van der Waals surface area contributed by atoms with E-state index in [4.69, 9.17) is 4.42 Å². The number of aromatic nitrogens is 2. The molecular formula is C13H23N3O2. The standard InChI is InChI=1S/C13H23N3O2/c1-9-5-6-16(7-10(9)17)8-11-14-15-12(18-11)13(2,3)4/h9-10,17H,5-8H2,1-4H3. The number of likely N-dealkylation sites (tertiary alicyclic amines) is 1. The number of hydrogen-bond donors (Lipinski definition) is 1. The van der Waals surface area contributed by atoms with E-state index in [2.05, 4.69) is 42.8 Å². The summed E-state index contributed by atoms with van der Waals surface area (Å²) >= 11 is 0. The molecule has 2 heterocycles. The maximum atomic E-state index is 9.85. The number of aliphatic hydroxyl groups excluding tert-OH is 1. The summed E-state index contributed by atoms with van der Waals surface area (Å²) in [7, 11) is 0. The second-order valence-electron chi connectivity index (χ2n) is 6.32. The van der Waals surface area contributed by atoms with Crippen LogP contribution in [-0.4, -0.2) is 39.4 Å². The number of piperidine rings is 1. The quantitative estimate of drug-likeness (QED) is 0.867. The smallest absolute Gasteiger partial charge is 0.230 e. The Bertz CT molecular complexity index is 397. The summed E-state index contributed by atoms with van der Waals surface area (Å²) in [6.07, 6.45) is 0.769. The molecule has 2 unspecified atom stereocenters. The van der Waals surface area contributed by atoms with Crippen LogP contribution >= 0.6 is 0 Å². The molecule has 0 aliphatic carbocycles. The monoisotopic (exact) mass is 253 g/mol. The second-order valence-corrected chi connectivity index (χ2v) is 6.32. The first kappa shape index (κ1) is 13.5. The summed E-state index contributed by atoms with van der Waals surface area (Å²) in [6, 6.07) is 0. The Morgan fingerprint density at radius 1 is 1.39 bits per heavy atom. The van der Waals surface area contributed by atoms with E-state index in [0.717, 1.165) is 13.0 Å². The van der Waals surface area contributed by atoms with Crippen LogP contribution in [0.3, 0.4) is 0 Å². The molecule has 18 heavy (non-hydrogen) atoms. The highest BCUT2D eigenvalue weighted by molar-refractivity contribution is 4.96. The van der Waals surface area contributed by atoms with Gasteiger partial charge in [-0.3, -0.25) is 4.90 Å².